The molecule has 5 heteroatoms. The van der Waals surface area contributed by atoms with E-state index in [9.17, 15) is 8.42 Å². The summed E-state index contributed by atoms with van der Waals surface area (Å²) in [4.78, 5) is 2.26. The summed E-state index contributed by atoms with van der Waals surface area (Å²) >= 11 is 0. The van der Waals surface area contributed by atoms with E-state index in [1.807, 2.05) is 6.92 Å². The van der Waals surface area contributed by atoms with Crippen LogP contribution < -0.4 is 5.73 Å². The van der Waals surface area contributed by atoms with Gasteiger partial charge < -0.3 is 5.73 Å². The SMILES string of the molecule is CC1CS(=O)(=O)CCN1CCC(C)(C)CN. The molecule has 1 rings (SSSR count). The number of rotatable bonds is 4. The minimum absolute atomic E-state index is 0.146. The summed E-state index contributed by atoms with van der Waals surface area (Å²) < 4.78 is 22.8. The van der Waals surface area contributed by atoms with Gasteiger partial charge in [0.1, 0.15) is 0 Å². The topological polar surface area (TPSA) is 63.4 Å². The van der Waals surface area contributed by atoms with Crippen molar-refractivity contribution >= 4 is 9.84 Å². The van der Waals surface area contributed by atoms with Crippen LogP contribution in [0.25, 0.3) is 0 Å². The fourth-order valence-electron chi connectivity index (χ4n) is 1.91. The molecule has 0 spiro atoms. The molecule has 0 aliphatic carbocycles. The molecule has 4 nitrogen and oxygen atoms in total. The van der Waals surface area contributed by atoms with Gasteiger partial charge in [-0.3, -0.25) is 4.90 Å². The predicted molar refractivity (Wildman–Crippen MR) is 67.1 cm³/mol. The number of nitrogens with two attached hydrogens (primary N) is 1. The first-order chi connectivity index (χ1) is 7.26. The highest BCUT2D eigenvalue weighted by Gasteiger charge is 2.28. The zero-order valence-corrected chi connectivity index (χ0v) is 11.4. The molecule has 0 amide bonds. The third-order valence-corrected chi connectivity index (χ3v) is 5.23. The lowest BCUT2D eigenvalue weighted by molar-refractivity contribution is 0.189. The maximum Gasteiger partial charge on any atom is 0.153 e. The molecular formula is C11H24N2O2S. The third-order valence-electron chi connectivity index (χ3n) is 3.44. The number of hydrogen-bond acceptors (Lipinski definition) is 4. The maximum absolute atomic E-state index is 11.4. The van der Waals surface area contributed by atoms with Gasteiger partial charge in [0.2, 0.25) is 0 Å². The van der Waals surface area contributed by atoms with Crippen LogP contribution in [0.1, 0.15) is 27.2 Å². The zero-order chi connectivity index (χ0) is 12.4. The molecule has 16 heavy (non-hydrogen) atoms. The Morgan fingerprint density at radius 2 is 2.06 bits per heavy atom. The van der Waals surface area contributed by atoms with Crippen molar-refractivity contribution in [3.63, 3.8) is 0 Å². The van der Waals surface area contributed by atoms with E-state index >= 15 is 0 Å². The van der Waals surface area contributed by atoms with Gasteiger partial charge in [0.15, 0.2) is 9.84 Å². The van der Waals surface area contributed by atoms with Gasteiger partial charge in [-0.25, -0.2) is 8.42 Å². The zero-order valence-electron chi connectivity index (χ0n) is 10.6. The number of sulfone groups is 1. The van der Waals surface area contributed by atoms with Crippen LogP contribution in [0.3, 0.4) is 0 Å². The monoisotopic (exact) mass is 248 g/mol. The quantitative estimate of drug-likeness (QED) is 0.786. The third kappa shape index (κ3) is 4.03. The molecular weight excluding hydrogens is 224 g/mol. The minimum atomic E-state index is -2.79. The second-order valence-corrected chi connectivity index (χ2v) is 7.85. The molecule has 0 aromatic carbocycles. The summed E-state index contributed by atoms with van der Waals surface area (Å²) in [6.45, 7) is 8.58. The molecule has 96 valence electrons. The Hall–Kier alpha value is -0.130. The van der Waals surface area contributed by atoms with E-state index in [0.29, 0.717) is 24.6 Å². The van der Waals surface area contributed by atoms with Crippen molar-refractivity contribution in [3.05, 3.63) is 0 Å². The number of hydrogen-bond donors (Lipinski definition) is 1. The van der Waals surface area contributed by atoms with E-state index in [1.54, 1.807) is 0 Å². The van der Waals surface area contributed by atoms with Gasteiger partial charge in [0.05, 0.1) is 11.5 Å². The molecule has 0 aromatic rings. The maximum atomic E-state index is 11.4. The summed E-state index contributed by atoms with van der Waals surface area (Å²) in [7, 11) is -2.79. The molecule has 1 fully saturated rings. The van der Waals surface area contributed by atoms with Crippen molar-refractivity contribution in [2.75, 3.05) is 31.1 Å². The van der Waals surface area contributed by atoms with Crippen LogP contribution in [0.2, 0.25) is 0 Å². The van der Waals surface area contributed by atoms with Crippen LogP contribution in [0.4, 0.5) is 0 Å². The standard InChI is InChI=1S/C11H24N2O2S/c1-10-8-16(14,15)7-6-13(10)5-4-11(2,3)9-12/h10H,4-9,12H2,1-3H3. The Kier molecular flexibility index (Phi) is 4.37. The Morgan fingerprint density at radius 1 is 1.44 bits per heavy atom. The molecule has 1 aliphatic rings. The minimum Gasteiger partial charge on any atom is -0.330 e. The molecule has 0 bridgehead atoms. The predicted octanol–water partition coefficient (Wildman–Crippen LogP) is 0.480. The molecule has 1 aliphatic heterocycles. The molecule has 0 aromatic heterocycles. The summed E-state index contributed by atoms with van der Waals surface area (Å²) in [5, 5.41) is 0. The lowest BCUT2D eigenvalue weighted by Gasteiger charge is -2.35. The van der Waals surface area contributed by atoms with Crippen molar-refractivity contribution in [1.29, 1.82) is 0 Å². The van der Waals surface area contributed by atoms with Crippen LogP contribution in [0.15, 0.2) is 0 Å². The first kappa shape index (κ1) is 13.9. The van der Waals surface area contributed by atoms with E-state index in [-0.39, 0.29) is 11.5 Å². The van der Waals surface area contributed by atoms with E-state index in [4.69, 9.17) is 5.73 Å². The average molecular weight is 248 g/mol. The van der Waals surface area contributed by atoms with E-state index in [0.717, 1.165) is 13.0 Å². The molecule has 1 unspecified atom stereocenters. The Bertz CT molecular complexity index is 325. The van der Waals surface area contributed by atoms with Crippen LogP contribution in [0.5, 0.6) is 0 Å². The Balaban J connectivity index is 2.46. The number of nitrogens with zero attached hydrogens (tertiary/aromatic N) is 1. The normalized spacial score (nSPS) is 26.9. The van der Waals surface area contributed by atoms with Crippen molar-refractivity contribution in [2.24, 2.45) is 11.1 Å². The largest absolute Gasteiger partial charge is 0.330 e. The highest BCUT2D eigenvalue weighted by atomic mass is 32.2. The Labute approximate surface area is 99.1 Å². The summed E-state index contributed by atoms with van der Waals surface area (Å²) in [6, 6.07) is 0.146. The highest BCUT2D eigenvalue weighted by Crippen LogP contribution is 2.20. The van der Waals surface area contributed by atoms with Crippen LogP contribution in [-0.4, -0.2) is 50.5 Å². The summed E-state index contributed by atoms with van der Waals surface area (Å²) in [5.74, 6) is 0.608. The van der Waals surface area contributed by atoms with Crippen LogP contribution in [-0.2, 0) is 9.84 Å². The fraction of sp³-hybridized carbons (Fsp3) is 1.00. The van der Waals surface area contributed by atoms with Gasteiger partial charge in [0.25, 0.3) is 0 Å². The molecule has 1 atom stereocenters. The molecule has 0 saturated carbocycles. The van der Waals surface area contributed by atoms with Gasteiger partial charge >= 0.3 is 0 Å². The molecule has 0 radical (unpaired) electrons. The summed E-state index contributed by atoms with van der Waals surface area (Å²) in [5.41, 5.74) is 5.83. The van der Waals surface area contributed by atoms with E-state index in [2.05, 4.69) is 18.7 Å². The lowest BCUT2D eigenvalue weighted by atomic mass is 9.89. The fourth-order valence-corrected chi connectivity index (χ4v) is 3.54. The van der Waals surface area contributed by atoms with Gasteiger partial charge in [-0.1, -0.05) is 13.8 Å². The van der Waals surface area contributed by atoms with E-state index < -0.39 is 9.84 Å². The molecule has 2 N–H and O–H groups in total. The first-order valence-electron chi connectivity index (χ1n) is 5.90. The Morgan fingerprint density at radius 3 is 2.56 bits per heavy atom. The summed E-state index contributed by atoms with van der Waals surface area (Å²) in [6.07, 6.45) is 1.02. The van der Waals surface area contributed by atoms with E-state index in [1.165, 1.54) is 0 Å². The van der Waals surface area contributed by atoms with Gasteiger partial charge in [-0.15, -0.1) is 0 Å². The van der Waals surface area contributed by atoms with Crippen molar-refractivity contribution < 1.29 is 8.42 Å². The second kappa shape index (κ2) is 5.02. The molecule has 1 heterocycles. The second-order valence-electron chi connectivity index (χ2n) is 5.62. The smallest absolute Gasteiger partial charge is 0.153 e. The van der Waals surface area contributed by atoms with Gasteiger partial charge in [-0.2, -0.15) is 0 Å². The van der Waals surface area contributed by atoms with Gasteiger partial charge in [0, 0.05) is 12.6 Å². The van der Waals surface area contributed by atoms with Crippen molar-refractivity contribution in [1.82, 2.24) is 4.90 Å². The molecule has 1 saturated heterocycles. The van der Waals surface area contributed by atoms with Crippen LogP contribution >= 0.6 is 0 Å². The van der Waals surface area contributed by atoms with Crippen molar-refractivity contribution in [2.45, 2.75) is 33.2 Å². The van der Waals surface area contributed by atoms with Gasteiger partial charge in [-0.05, 0) is 31.8 Å². The highest BCUT2D eigenvalue weighted by molar-refractivity contribution is 7.91. The average Bonchev–Trinajstić information content (AvgIpc) is 2.15. The van der Waals surface area contributed by atoms with Crippen LogP contribution in [0, 0.1) is 5.41 Å². The van der Waals surface area contributed by atoms with Crippen molar-refractivity contribution in [3.8, 4) is 0 Å². The lowest BCUT2D eigenvalue weighted by Crippen LogP contribution is -2.48. The first-order valence-corrected chi connectivity index (χ1v) is 7.72.